The van der Waals surface area contributed by atoms with E-state index < -0.39 is 0 Å². The van der Waals surface area contributed by atoms with Crippen molar-refractivity contribution in [1.82, 2.24) is 0 Å². The number of aromatic hydroxyl groups is 1. The fraction of sp³-hybridized carbons (Fsp3) is 0.478. The van der Waals surface area contributed by atoms with E-state index in [0.29, 0.717) is 51.3 Å². The number of rotatable bonds is 5. The van der Waals surface area contributed by atoms with Crippen LogP contribution < -0.4 is 23.7 Å². The lowest BCUT2D eigenvalue weighted by atomic mass is 9.77. The quantitative estimate of drug-likeness (QED) is 0.597. The molecule has 0 radical (unpaired) electrons. The monoisotopic (exact) mass is 470 g/mol. The molecule has 0 aromatic heterocycles. The second-order valence-electron chi connectivity index (χ2n) is 7.71. The van der Waals surface area contributed by atoms with Gasteiger partial charge in [-0.15, -0.1) is 0 Å². The first-order chi connectivity index (χ1) is 14.8. The third kappa shape index (κ3) is 3.60. The topological polar surface area (TPSA) is 66.4 Å². The minimum absolute atomic E-state index is 0.0941. The van der Waals surface area contributed by atoms with E-state index in [9.17, 15) is 5.11 Å². The molecule has 31 heavy (non-hydrogen) atoms. The smallest absolute Gasteiger partial charge is 0.205 e. The highest BCUT2D eigenvalue weighted by Gasteiger charge is 2.36. The van der Waals surface area contributed by atoms with Crippen LogP contribution in [0.4, 0.5) is 0 Å². The summed E-state index contributed by atoms with van der Waals surface area (Å²) in [4.78, 5) is 0. The van der Waals surface area contributed by atoms with E-state index in [0.717, 1.165) is 11.1 Å². The molecule has 2 atom stereocenters. The van der Waals surface area contributed by atoms with Crippen molar-refractivity contribution in [3.63, 3.8) is 0 Å². The van der Waals surface area contributed by atoms with Gasteiger partial charge in [0, 0.05) is 11.1 Å². The zero-order valence-electron chi connectivity index (χ0n) is 18.8. The highest BCUT2D eigenvalue weighted by atomic mass is 35.5. The first kappa shape index (κ1) is 23.5. The summed E-state index contributed by atoms with van der Waals surface area (Å²) >= 11 is 13.6. The summed E-state index contributed by atoms with van der Waals surface area (Å²) in [6, 6.07) is 0. The molecule has 0 aliphatic heterocycles. The Morgan fingerprint density at radius 1 is 0.613 bits per heavy atom. The van der Waals surface area contributed by atoms with Crippen LogP contribution in [-0.4, -0.2) is 40.7 Å². The number of fused-ring (bicyclic) bond motifs is 3. The summed E-state index contributed by atoms with van der Waals surface area (Å²) in [7, 11) is 7.52. The minimum Gasteiger partial charge on any atom is -0.504 e. The van der Waals surface area contributed by atoms with Crippen molar-refractivity contribution >= 4 is 23.2 Å². The number of halogens is 2. The molecule has 1 aliphatic rings. The predicted molar refractivity (Wildman–Crippen MR) is 122 cm³/mol. The van der Waals surface area contributed by atoms with Crippen LogP contribution in [-0.2, 0) is 12.8 Å². The maximum absolute atomic E-state index is 11.4. The SMILES string of the molecule is COc1c(O)c2c(c(Cl)c1OC)C[C@H](C)[C@H](C)Cc1c(Cl)c(OC)c(OC)c(OC)c1-2. The lowest BCUT2D eigenvalue weighted by Gasteiger charge is -2.31. The van der Waals surface area contributed by atoms with Gasteiger partial charge >= 0.3 is 0 Å². The first-order valence-electron chi connectivity index (χ1n) is 9.93. The summed E-state index contributed by atoms with van der Waals surface area (Å²) in [6.07, 6.45) is 1.27. The number of hydrogen-bond donors (Lipinski definition) is 1. The Hall–Kier alpha value is -2.18. The van der Waals surface area contributed by atoms with Crippen molar-refractivity contribution in [3.05, 3.63) is 21.2 Å². The largest absolute Gasteiger partial charge is 0.504 e. The van der Waals surface area contributed by atoms with Crippen molar-refractivity contribution in [2.24, 2.45) is 11.8 Å². The molecule has 2 aromatic carbocycles. The molecule has 170 valence electrons. The Morgan fingerprint density at radius 3 is 1.42 bits per heavy atom. The van der Waals surface area contributed by atoms with Crippen LogP contribution >= 0.6 is 23.2 Å². The minimum atomic E-state index is -0.0941. The molecular formula is C23H28Cl2O6. The predicted octanol–water partition coefficient (Wildman–Crippen LogP) is 5.78. The lowest BCUT2D eigenvalue weighted by Crippen LogP contribution is -2.19. The maximum Gasteiger partial charge on any atom is 0.205 e. The Balaban J connectivity index is 2.60. The van der Waals surface area contributed by atoms with Gasteiger partial charge in [0.15, 0.2) is 23.0 Å². The van der Waals surface area contributed by atoms with Gasteiger partial charge in [-0.3, -0.25) is 0 Å². The molecule has 0 unspecified atom stereocenters. The molecule has 1 N–H and O–H groups in total. The Morgan fingerprint density at radius 2 is 1.00 bits per heavy atom. The van der Waals surface area contributed by atoms with Gasteiger partial charge in [0.25, 0.3) is 0 Å². The summed E-state index contributed by atoms with van der Waals surface area (Å²) in [5.41, 5.74) is 2.63. The average molecular weight is 471 g/mol. The average Bonchev–Trinajstić information content (AvgIpc) is 2.75. The third-order valence-corrected chi connectivity index (χ3v) is 6.92. The molecule has 0 fully saturated rings. The fourth-order valence-electron chi connectivity index (χ4n) is 4.31. The van der Waals surface area contributed by atoms with E-state index in [1.165, 1.54) is 35.5 Å². The fourth-order valence-corrected chi connectivity index (χ4v) is 4.98. The second-order valence-corrected chi connectivity index (χ2v) is 8.47. The standard InChI is InChI=1S/C23H28Cl2O6/c1-10-8-12-14(18(26)22(30-6)20(28-4)16(12)24)15-13(9-11(10)2)17(25)21(29-5)23(31-7)19(15)27-3/h10-11,26H,8-9H2,1-7H3/t10-,11+/m0/s1. The molecule has 1 aliphatic carbocycles. The van der Waals surface area contributed by atoms with Gasteiger partial charge in [0.05, 0.1) is 45.6 Å². The van der Waals surface area contributed by atoms with E-state index in [2.05, 4.69) is 13.8 Å². The molecule has 0 amide bonds. The maximum atomic E-state index is 11.4. The molecule has 2 aromatic rings. The van der Waals surface area contributed by atoms with Crippen molar-refractivity contribution in [2.45, 2.75) is 26.7 Å². The lowest BCUT2D eigenvalue weighted by molar-refractivity contribution is 0.321. The van der Waals surface area contributed by atoms with Crippen LogP contribution in [0.1, 0.15) is 25.0 Å². The van der Waals surface area contributed by atoms with E-state index in [4.69, 9.17) is 46.9 Å². The van der Waals surface area contributed by atoms with Crippen molar-refractivity contribution in [2.75, 3.05) is 35.5 Å². The molecule has 0 saturated carbocycles. The highest BCUT2D eigenvalue weighted by molar-refractivity contribution is 6.35. The zero-order valence-corrected chi connectivity index (χ0v) is 20.3. The van der Waals surface area contributed by atoms with Crippen molar-refractivity contribution < 1.29 is 28.8 Å². The van der Waals surface area contributed by atoms with Gasteiger partial charge in [-0.25, -0.2) is 0 Å². The van der Waals surface area contributed by atoms with Crippen LogP contribution in [0.2, 0.25) is 10.0 Å². The number of benzene rings is 2. The normalized spacial score (nSPS) is 17.7. The van der Waals surface area contributed by atoms with Gasteiger partial charge in [0.2, 0.25) is 11.5 Å². The molecule has 8 heteroatoms. The number of phenolic OH excluding ortho intramolecular Hbond substituents is 1. The number of hydrogen-bond acceptors (Lipinski definition) is 6. The molecule has 0 saturated heterocycles. The van der Waals surface area contributed by atoms with Gasteiger partial charge in [-0.05, 0) is 35.8 Å². The van der Waals surface area contributed by atoms with Gasteiger partial charge in [-0.2, -0.15) is 0 Å². The van der Waals surface area contributed by atoms with Crippen LogP contribution in [0.5, 0.6) is 34.5 Å². The summed E-state index contributed by atoms with van der Waals surface area (Å²) < 4.78 is 27.9. The van der Waals surface area contributed by atoms with Crippen molar-refractivity contribution in [3.8, 4) is 45.6 Å². The number of phenols is 1. The van der Waals surface area contributed by atoms with Crippen LogP contribution in [0.25, 0.3) is 11.1 Å². The first-order valence-corrected chi connectivity index (χ1v) is 10.7. The van der Waals surface area contributed by atoms with Gasteiger partial charge in [-0.1, -0.05) is 37.0 Å². The number of ether oxygens (including phenoxy) is 5. The van der Waals surface area contributed by atoms with Crippen LogP contribution in [0.15, 0.2) is 0 Å². The second kappa shape index (κ2) is 9.13. The van der Waals surface area contributed by atoms with Gasteiger partial charge in [0.1, 0.15) is 0 Å². The summed E-state index contributed by atoms with van der Waals surface area (Å²) in [5, 5.41) is 12.1. The highest BCUT2D eigenvalue weighted by Crippen LogP contribution is 2.59. The number of methoxy groups -OCH3 is 5. The molecule has 6 nitrogen and oxygen atoms in total. The molecular weight excluding hydrogens is 443 g/mol. The third-order valence-electron chi connectivity index (χ3n) is 6.12. The molecule has 0 bridgehead atoms. The van der Waals surface area contributed by atoms with E-state index >= 15 is 0 Å². The van der Waals surface area contributed by atoms with E-state index in [1.54, 1.807) is 0 Å². The zero-order chi connectivity index (χ0) is 23.0. The Kier molecular flexibility index (Phi) is 6.92. The summed E-state index contributed by atoms with van der Waals surface area (Å²) in [5.74, 6) is 1.97. The van der Waals surface area contributed by atoms with Crippen molar-refractivity contribution in [1.29, 1.82) is 0 Å². The molecule has 3 rings (SSSR count). The summed E-state index contributed by atoms with van der Waals surface area (Å²) in [6.45, 7) is 4.31. The Bertz CT molecular complexity index is 1010. The molecule has 0 spiro atoms. The van der Waals surface area contributed by atoms with E-state index in [-0.39, 0.29) is 29.1 Å². The van der Waals surface area contributed by atoms with Crippen LogP contribution in [0.3, 0.4) is 0 Å². The van der Waals surface area contributed by atoms with Crippen LogP contribution in [0, 0.1) is 11.8 Å². The Labute approximate surface area is 192 Å². The van der Waals surface area contributed by atoms with E-state index in [1.807, 2.05) is 0 Å². The van der Waals surface area contributed by atoms with Gasteiger partial charge < -0.3 is 28.8 Å². The molecule has 0 heterocycles.